The number of methoxy groups -OCH3 is 2. The molecule has 0 unspecified atom stereocenters. The molecule has 2 aromatic carbocycles. The number of rotatable bonds is 4. The topological polar surface area (TPSA) is 77.5 Å². The minimum absolute atomic E-state index is 0.176. The second-order valence-corrected chi connectivity index (χ2v) is 7.00. The Morgan fingerprint density at radius 1 is 1.00 bits per heavy atom. The Morgan fingerprint density at radius 3 is 2.21 bits per heavy atom. The maximum atomic E-state index is 9.72. The fraction of sp³-hybridized carbons (Fsp3) is 0.208. The zero-order valence-electron chi connectivity index (χ0n) is 16.4. The molecule has 2 aliphatic rings. The van der Waals surface area contributed by atoms with E-state index in [1.165, 1.54) is 0 Å². The first-order chi connectivity index (χ1) is 14.1. The van der Waals surface area contributed by atoms with Crippen molar-refractivity contribution in [3.8, 4) is 17.6 Å². The van der Waals surface area contributed by atoms with E-state index in [0.29, 0.717) is 5.57 Å². The molecule has 0 amide bonds. The van der Waals surface area contributed by atoms with Crippen LogP contribution in [0.1, 0.15) is 29.9 Å². The van der Waals surface area contributed by atoms with Crippen LogP contribution in [-0.4, -0.2) is 14.2 Å². The third-order valence-electron chi connectivity index (χ3n) is 5.39. The second kappa shape index (κ2) is 7.76. The molecule has 2 N–H and O–H groups in total. The van der Waals surface area contributed by atoms with Gasteiger partial charge in [-0.3, -0.25) is 0 Å². The van der Waals surface area contributed by atoms with E-state index in [4.69, 9.17) is 19.9 Å². The third kappa shape index (κ3) is 3.45. The van der Waals surface area contributed by atoms with E-state index in [0.717, 1.165) is 52.4 Å². The summed E-state index contributed by atoms with van der Waals surface area (Å²) in [5, 5.41) is 9.72. The van der Waals surface area contributed by atoms with Crippen LogP contribution in [0.15, 0.2) is 76.9 Å². The van der Waals surface area contributed by atoms with E-state index < -0.39 is 0 Å². The number of nitrogens with two attached hydrogens (primary N) is 1. The Balaban J connectivity index is 1.74. The second-order valence-electron chi connectivity index (χ2n) is 7.00. The molecule has 29 heavy (non-hydrogen) atoms. The highest BCUT2D eigenvalue weighted by atomic mass is 16.5. The van der Waals surface area contributed by atoms with Crippen molar-refractivity contribution in [3.05, 3.63) is 88.0 Å². The van der Waals surface area contributed by atoms with Crippen LogP contribution in [0.2, 0.25) is 0 Å². The van der Waals surface area contributed by atoms with Gasteiger partial charge in [0.2, 0.25) is 5.88 Å². The molecule has 0 spiro atoms. The van der Waals surface area contributed by atoms with E-state index in [1.54, 1.807) is 14.2 Å². The van der Waals surface area contributed by atoms with Crippen molar-refractivity contribution in [1.82, 2.24) is 0 Å². The smallest absolute Gasteiger partial charge is 0.205 e. The molecule has 0 saturated carbocycles. The molecule has 0 bridgehead atoms. The molecule has 1 heterocycles. The minimum Gasteiger partial charge on any atom is -0.497 e. The molecular weight excluding hydrogens is 364 g/mol. The van der Waals surface area contributed by atoms with Crippen LogP contribution in [0.3, 0.4) is 0 Å². The predicted molar refractivity (Wildman–Crippen MR) is 111 cm³/mol. The van der Waals surface area contributed by atoms with Crippen LogP contribution in [0, 0.1) is 11.3 Å². The lowest BCUT2D eigenvalue weighted by molar-refractivity contribution is 0.292. The summed E-state index contributed by atoms with van der Waals surface area (Å²) < 4.78 is 16.4. The molecule has 5 heteroatoms. The van der Waals surface area contributed by atoms with Crippen molar-refractivity contribution in [3.63, 3.8) is 0 Å². The highest BCUT2D eigenvalue weighted by molar-refractivity contribution is 5.64. The zero-order valence-corrected chi connectivity index (χ0v) is 16.4. The van der Waals surface area contributed by atoms with E-state index in [2.05, 4.69) is 12.1 Å². The normalized spacial score (nSPS) is 19.6. The van der Waals surface area contributed by atoms with Gasteiger partial charge in [-0.05, 0) is 65.5 Å². The molecule has 0 saturated heterocycles. The first kappa shape index (κ1) is 18.7. The summed E-state index contributed by atoms with van der Waals surface area (Å²) in [6.07, 6.45) is 3.78. The Labute approximate surface area is 170 Å². The van der Waals surface area contributed by atoms with Crippen molar-refractivity contribution in [2.75, 3.05) is 14.2 Å². The molecule has 5 nitrogen and oxygen atoms in total. The molecule has 146 valence electrons. The lowest BCUT2D eigenvalue weighted by Crippen LogP contribution is -2.19. The first-order valence-corrected chi connectivity index (χ1v) is 9.44. The predicted octanol–water partition coefficient (Wildman–Crippen LogP) is 4.64. The Bertz CT molecular complexity index is 1050. The van der Waals surface area contributed by atoms with Crippen LogP contribution in [0.25, 0.3) is 6.08 Å². The van der Waals surface area contributed by atoms with Gasteiger partial charge < -0.3 is 19.9 Å². The molecule has 1 atom stereocenters. The van der Waals surface area contributed by atoms with E-state index in [-0.39, 0.29) is 11.8 Å². The van der Waals surface area contributed by atoms with Crippen molar-refractivity contribution in [1.29, 1.82) is 5.26 Å². The maximum Gasteiger partial charge on any atom is 0.205 e. The fourth-order valence-corrected chi connectivity index (χ4v) is 3.91. The third-order valence-corrected chi connectivity index (χ3v) is 5.39. The molecule has 4 rings (SSSR count). The van der Waals surface area contributed by atoms with Crippen molar-refractivity contribution < 1.29 is 14.2 Å². The zero-order chi connectivity index (χ0) is 20.4. The molecule has 2 aromatic rings. The molecule has 1 aliphatic heterocycles. The molecule has 0 radical (unpaired) electrons. The molecular formula is C24H22N2O3. The summed E-state index contributed by atoms with van der Waals surface area (Å²) in [6, 6.07) is 17.9. The number of hydrogen-bond donors (Lipinski definition) is 1. The quantitative estimate of drug-likeness (QED) is 0.828. The Kier molecular flexibility index (Phi) is 5.01. The summed E-state index contributed by atoms with van der Waals surface area (Å²) >= 11 is 0. The summed E-state index contributed by atoms with van der Waals surface area (Å²) in [5.74, 6) is 2.36. The largest absolute Gasteiger partial charge is 0.497 e. The SMILES string of the molecule is COc1ccc(/C=C2/CCC3=C2OC(N)=C(C#N)[C@H]3c2ccc(OC)cc2)cc1. The van der Waals surface area contributed by atoms with Gasteiger partial charge in [-0.25, -0.2) is 0 Å². The van der Waals surface area contributed by atoms with Crippen LogP contribution < -0.4 is 15.2 Å². The van der Waals surface area contributed by atoms with Crippen molar-refractivity contribution >= 4 is 6.08 Å². The summed E-state index contributed by atoms with van der Waals surface area (Å²) in [7, 11) is 3.29. The summed E-state index contributed by atoms with van der Waals surface area (Å²) in [4.78, 5) is 0. The van der Waals surface area contributed by atoms with Gasteiger partial charge in [0.1, 0.15) is 28.9 Å². The number of benzene rings is 2. The van der Waals surface area contributed by atoms with Crippen LogP contribution in [-0.2, 0) is 4.74 Å². The number of nitrogens with zero attached hydrogens (tertiary/aromatic N) is 1. The number of allylic oxidation sites excluding steroid dienone is 3. The van der Waals surface area contributed by atoms with E-state index in [9.17, 15) is 5.26 Å². The minimum atomic E-state index is -0.198. The molecule has 0 aromatic heterocycles. The summed E-state index contributed by atoms with van der Waals surface area (Å²) in [6.45, 7) is 0. The standard InChI is InChI=1S/C24H22N2O3/c1-27-18-8-3-15(4-9-18)13-17-7-12-20-22(16-5-10-19(28-2)11-6-16)21(14-25)24(26)29-23(17)20/h3-6,8-11,13,22H,7,12,26H2,1-2H3/b17-13-/t22-/m0/s1. The maximum absolute atomic E-state index is 9.72. The van der Waals surface area contributed by atoms with Gasteiger partial charge in [-0.15, -0.1) is 0 Å². The summed E-state index contributed by atoms with van der Waals surface area (Å²) in [5.41, 5.74) is 10.9. The highest BCUT2D eigenvalue weighted by Gasteiger charge is 2.37. The lowest BCUT2D eigenvalue weighted by Gasteiger charge is -2.26. The van der Waals surface area contributed by atoms with E-state index >= 15 is 0 Å². The van der Waals surface area contributed by atoms with Gasteiger partial charge in [-0.1, -0.05) is 24.3 Å². The highest BCUT2D eigenvalue weighted by Crippen LogP contribution is 2.48. The molecule has 0 fully saturated rings. The van der Waals surface area contributed by atoms with Gasteiger partial charge in [0, 0.05) is 5.92 Å². The fourth-order valence-electron chi connectivity index (χ4n) is 3.91. The molecule has 1 aliphatic carbocycles. The Morgan fingerprint density at radius 2 is 1.62 bits per heavy atom. The van der Waals surface area contributed by atoms with Gasteiger partial charge in [0.25, 0.3) is 0 Å². The van der Waals surface area contributed by atoms with Gasteiger partial charge in [-0.2, -0.15) is 5.26 Å². The van der Waals surface area contributed by atoms with Gasteiger partial charge in [0.05, 0.1) is 14.2 Å². The van der Waals surface area contributed by atoms with Crippen LogP contribution in [0.4, 0.5) is 0 Å². The average molecular weight is 386 g/mol. The number of hydrogen-bond acceptors (Lipinski definition) is 5. The first-order valence-electron chi connectivity index (χ1n) is 9.44. The van der Waals surface area contributed by atoms with Crippen LogP contribution >= 0.6 is 0 Å². The van der Waals surface area contributed by atoms with Gasteiger partial charge >= 0.3 is 0 Å². The number of ether oxygens (including phenoxy) is 3. The van der Waals surface area contributed by atoms with Crippen molar-refractivity contribution in [2.45, 2.75) is 18.8 Å². The van der Waals surface area contributed by atoms with Crippen molar-refractivity contribution in [2.24, 2.45) is 5.73 Å². The lowest BCUT2D eigenvalue weighted by atomic mass is 9.83. The van der Waals surface area contributed by atoms with Crippen LogP contribution in [0.5, 0.6) is 11.5 Å². The number of nitriles is 1. The average Bonchev–Trinajstić information content (AvgIpc) is 3.15. The monoisotopic (exact) mass is 386 g/mol. The Hall–Kier alpha value is -3.65. The van der Waals surface area contributed by atoms with Gasteiger partial charge in [0.15, 0.2) is 0 Å². The van der Waals surface area contributed by atoms with E-state index in [1.807, 2.05) is 48.5 Å².